The minimum Gasteiger partial charge on any atom is -0.399 e. The zero-order valence-electron chi connectivity index (χ0n) is 7.34. The summed E-state index contributed by atoms with van der Waals surface area (Å²) < 4.78 is 8.68. The Bertz CT molecular complexity index is 468. The van der Waals surface area contributed by atoms with Gasteiger partial charge in [-0.15, -0.1) is 0 Å². The molecular weight excluding hydrogens is 214 g/mol. The molecule has 2 aromatic carbocycles. The van der Waals surface area contributed by atoms with Crippen molar-refractivity contribution in [2.75, 3.05) is 5.73 Å². The van der Waals surface area contributed by atoms with Gasteiger partial charge < -0.3 is 5.73 Å². The normalized spacial score (nSPS) is 11.6. The van der Waals surface area contributed by atoms with E-state index in [9.17, 15) is 0 Å². The Morgan fingerprint density at radius 2 is 2.00 bits per heavy atom. The van der Waals surface area contributed by atoms with E-state index >= 15 is 0 Å². The Morgan fingerprint density at radius 3 is 2.83 bits per heavy atom. The van der Waals surface area contributed by atoms with E-state index in [1.54, 1.807) is 6.07 Å². The average Bonchev–Trinajstić information content (AvgIpc) is 2.06. The summed E-state index contributed by atoms with van der Waals surface area (Å²) in [6.07, 6.45) is 0. The fraction of sp³-hybridized carbons (Fsp3) is 0. The predicted octanol–water partition coefficient (Wildman–Crippen LogP) is 3.18. The van der Waals surface area contributed by atoms with Crippen molar-refractivity contribution < 1.29 is 1.37 Å². The van der Waals surface area contributed by atoms with Crippen molar-refractivity contribution in [3.05, 3.63) is 40.8 Å². The number of halogens is 1. The predicted molar refractivity (Wildman–Crippen MR) is 56.1 cm³/mol. The lowest BCUT2D eigenvalue weighted by atomic mass is 10.1. The van der Waals surface area contributed by atoms with E-state index in [4.69, 9.17) is 7.10 Å². The SMILES string of the molecule is [2H]c1cc(N)cc2ccc(Br)cc12. The van der Waals surface area contributed by atoms with E-state index in [0.717, 1.165) is 15.2 Å². The molecule has 0 heterocycles. The maximum absolute atomic E-state index is 7.70. The van der Waals surface area contributed by atoms with Crippen molar-refractivity contribution in [3.63, 3.8) is 0 Å². The van der Waals surface area contributed by atoms with Crippen molar-refractivity contribution in [1.29, 1.82) is 0 Å². The number of nitrogen functional groups attached to an aromatic ring is 1. The topological polar surface area (TPSA) is 26.0 Å². The Hall–Kier alpha value is -1.02. The lowest BCUT2D eigenvalue weighted by Crippen LogP contribution is -1.83. The fourth-order valence-electron chi connectivity index (χ4n) is 1.16. The Kier molecular flexibility index (Phi) is 1.51. The summed E-state index contributed by atoms with van der Waals surface area (Å²) in [6.45, 7) is 0. The van der Waals surface area contributed by atoms with Gasteiger partial charge in [-0.3, -0.25) is 0 Å². The van der Waals surface area contributed by atoms with Gasteiger partial charge in [-0.05, 0) is 35.0 Å². The van der Waals surface area contributed by atoms with Crippen LogP contribution in [0.5, 0.6) is 0 Å². The van der Waals surface area contributed by atoms with E-state index in [2.05, 4.69) is 15.9 Å². The van der Waals surface area contributed by atoms with Gasteiger partial charge in [-0.2, -0.15) is 0 Å². The van der Waals surface area contributed by atoms with Crippen LogP contribution in [0.25, 0.3) is 10.8 Å². The lowest BCUT2D eigenvalue weighted by Gasteiger charge is -1.99. The molecule has 0 bridgehead atoms. The summed E-state index contributed by atoms with van der Waals surface area (Å²) >= 11 is 3.37. The van der Waals surface area contributed by atoms with Crippen LogP contribution in [0.1, 0.15) is 1.37 Å². The van der Waals surface area contributed by atoms with Crippen LogP contribution >= 0.6 is 15.9 Å². The monoisotopic (exact) mass is 222 g/mol. The van der Waals surface area contributed by atoms with Crippen LogP contribution < -0.4 is 5.73 Å². The van der Waals surface area contributed by atoms with Crippen LogP contribution in [0.4, 0.5) is 5.69 Å². The first kappa shape index (κ1) is 6.49. The van der Waals surface area contributed by atoms with Gasteiger partial charge in [0.05, 0.1) is 1.37 Å². The summed E-state index contributed by atoms with van der Waals surface area (Å²) in [4.78, 5) is 0. The molecule has 0 saturated carbocycles. The maximum Gasteiger partial charge on any atom is 0.0630 e. The molecule has 0 atom stereocenters. The van der Waals surface area contributed by atoms with Crippen molar-refractivity contribution in [2.45, 2.75) is 0 Å². The molecule has 1 nitrogen and oxygen atoms in total. The van der Waals surface area contributed by atoms with E-state index < -0.39 is 0 Å². The van der Waals surface area contributed by atoms with E-state index in [-0.39, 0.29) is 0 Å². The molecule has 0 unspecified atom stereocenters. The number of anilines is 1. The van der Waals surface area contributed by atoms with Gasteiger partial charge in [-0.25, -0.2) is 0 Å². The summed E-state index contributed by atoms with van der Waals surface area (Å²) in [6, 6.07) is 9.83. The number of hydrogen-bond donors (Lipinski definition) is 1. The van der Waals surface area contributed by atoms with Gasteiger partial charge in [0, 0.05) is 10.2 Å². The quantitative estimate of drug-likeness (QED) is 0.682. The molecule has 0 aromatic heterocycles. The molecule has 0 saturated heterocycles. The van der Waals surface area contributed by atoms with Crippen molar-refractivity contribution in [2.24, 2.45) is 0 Å². The maximum atomic E-state index is 7.70. The zero-order chi connectivity index (χ0) is 9.42. The fourth-order valence-corrected chi connectivity index (χ4v) is 1.52. The largest absolute Gasteiger partial charge is 0.399 e. The van der Waals surface area contributed by atoms with Crippen LogP contribution in [0.2, 0.25) is 0 Å². The Labute approximate surface area is 80.7 Å². The average molecular weight is 223 g/mol. The molecule has 2 heteroatoms. The van der Waals surface area contributed by atoms with Crippen molar-refractivity contribution in [3.8, 4) is 0 Å². The number of nitrogens with two attached hydrogens (primary N) is 1. The summed E-state index contributed by atoms with van der Waals surface area (Å²) in [5.74, 6) is 0. The minimum atomic E-state index is 0.469. The van der Waals surface area contributed by atoms with E-state index in [1.165, 1.54) is 0 Å². The summed E-state index contributed by atoms with van der Waals surface area (Å²) in [5, 5.41) is 1.93. The molecule has 0 amide bonds. The molecule has 2 rings (SSSR count). The third-order valence-corrected chi connectivity index (χ3v) is 2.23. The molecule has 0 radical (unpaired) electrons. The van der Waals surface area contributed by atoms with Gasteiger partial charge in [0.1, 0.15) is 0 Å². The van der Waals surface area contributed by atoms with Gasteiger partial charge in [0.2, 0.25) is 0 Å². The van der Waals surface area contributed by atoms with Crippen molar-refractivity contribution in [1.82, 2.24) is 0 Å². The second kappa shape index (κ2) is 2.79. The molecule has 2 N–H and O–H groups in total. The van der Waals surface area contributed by atoms with E-state index in [0.29, 0.717) is 11.7 Å². The molecule has 0 fully saturated rings. The highest BCUT2D eigenvalue weighted by atomic mass is 79.9. The van der Waals surface area contributed by atoms with E-state index in [1.807, 2.05) is 24.3 Å². The van der Waals surface area contributed by atoms with Crippen LogP contribution in [0, 0.1) is 0 Å². The smallest absolute Gasteiger partial charge is 0.0630 e. The third-order valence-electron chi connectivity index (χ3n) is 1.73. The Morgan fingerprint density at radius 1 is 1.17 bits per heavy atom. The van der Waals surface area contributed by atoms with Crippen LogP contribution in [0.15, 0.2) is 40.8 Å². The number of rotatable bonds is 0. The highest BCUT2D eigenvalue weighted by Gasteiger charge is 1.93. The zero-order valence-corrected chi connectivity index (χ0v) is 7.93. The first-order valence-electron chi connectivity index (χ1n) is 4.12. The first-order chi connectivity index (χ1) is 6.16. The molecule has 0 aliphatic rings. The standard InChI is InChI=1S/C10H8BrN/c11-9-3-1-8-6-10(12)4-2-7(8)5-9/h1-6H,12H2/i2D. The Balaban J connectivity index is 2.87. The first-order valence-corrected chi connectivity index (χ1v) is 4.41. The van der Waals surface area contributed by atoms with Gasteiger partial charge in [-0.1, -0.05) is 28.0 Å². The number of benzene rings is 2. The highest BCUT2D eigenvalue weighted by molar-refractivity contribution is 9.10. The third kappa shape index (κ3) is 1.30. The molecule has 0 spiro atoms. The second-order valence-electron chi connectivity index (χ2n) is 2.66. The summed E-state index contributed by atoms with van der Waals surface area (Å²) in [5.41, 5.74) is 6.27. The number of hydrogen-bond acceptors (Lipinski definition) is 1. The van der Waals surface area contributed by atoms with Gasteiger partial charge >= 0.3 is 0 Å². The summed E-state index contributed by atoms with van der Waals surface area (Å²) in [7, 11) is 0. The van der Waals surface area contributed by atoms with Crippen LogP contribution in [-0.2, 0) is 0 Å². The van der Waals surface area contributed by atoms with Crippen molar-refractivity contribution >= 4 is 32.4 Å². The van der Waals surface area contributed by atoms with Gasteiger partial charge in [0.25, 0.3) is 0 Å². The lowest BCUT2D eigenvalue weighted by molar-refractivity contribution is 1.69. The second-order valence-corrected chi connectivity index (χ2v) is 3.58. The molecule has 0 aliphatic carbocycles. The molecule has 12 heavy (non-hydrogen) atoms. The minimum absolute atomic E-state index is 0.469. The van der Waals surface area contributed by atoms with Crippen LogP contribution in [-0.4, -0.2) is 0 Å². The number of fused-ring (bicyclic) bond motifs is 1. The molecular formula is C10H8BrN. The molecule has 2 aromatic rings. The molecule has 60 valence electrons. The molecule has 0 aliphatic heterocycles. The highest BCUT2D eigenvalue weighted by Crippen LogP contribution is 2.21. The van der Waals surface area contributed by atoms with Gasteiger partial charge in [0.15, 0.2) is 0 Å². The van der Waals surface area contributed by atoms with Crippen LogP contribution in [0.3, 0.4) is 0 Å².